The van der Waals surface area contributed by atoms with Gasteiger partial charge >= 0.3 is 6.18 Å². The summed E-state index contributed by atoms with van der Waals surface area (Å²) in [6, 6.07) is 3.71. The van der Waals surface area contributed by atoms with Crippen LogP contribution < -0.4 is 10.6 Å². The number of anilines is 2. The highest BCUT2D eigenvalue weighted by atomic mass is 19.4. The molecule has 7 heteroatoms. The first kappa shape index (κ1) is 14.2. The van der Waals surface area contributed by atoms with Crippen LogP contribution in [0.2, 0.25) is 0 Å². The Kier molecular flexibility index (Phi) is 4.16. The molecule has 108 valence electrons. The fraction of sp³-hybridized carbons (Fsp3) is 0.308. The summed E-state index contributed by atoms with van der Waals surface area (Å²) in [5.41, 5.74) is 0.0901. The number of nitrogens with one attached hydrogen (secondary N) is 2. The number of furan rings is 1. The van der Waals surface area contributed by atoms with Gasteiger partial charge in [0.15, 0.2) is 0 Å². The quantitative estimate of drug-likeness (QED) is 0.878. The third-order valence-electron chi connectivity index (χ3n) is 2.56. The average molecular weight is 285 g/mol. The van der Waals surface area contributed by atoms with Crippen molar-refractivity contribution in [1.29, 1.82) is 0 Å². The van der Waals surface area contributed by atoms with E-state index in [0.717, 1.165) is 17.7 Å². The summed E-state index contributed by atoms with van der Waals surface area (Å²) in [5, 5.41) is 5.63. The Morgan fingerprint density at radius 2 is 1.90 bits per heavy atom. The van der Waals surface area contributed by atoms with Gasteiger partial charge in [0.05, 0.1) is 18.1 Å². The topological polar surface area (TPSA) is 50.1 Å². The van der Waals surface area contributed by atoms with E-state index in [1.54, 1.807) is 13.0 Å². The van der Waals surface area contributed by atoms with Gasteiger partial charge in [-0.3, -0.25) is 0 Å². The van der Waals surface area contributed by atoms with E-state index >= 15 is 0 Å². The lowest BCUT2D eigenvalue weighted by Gasteiger charge is -2.12. The average Bonchev–Trinajstić information content (AvgIpc) is 2.88. The van der Waals surface area contributed by atoms with E-state index in [1.807, 2.05) is 0 Å². The van der Waals surface area contributed by atoms with E-state index in [0.29, 0.717) is 13.1 Å². The molecule has 0 aromatic carbocycles. The second kappa shape index (κ2) is 5.85. The first-order chi connectivity index (χ1) is 9.49. The van der Waals surface area contributed by atoms with Crippen molar-refractivity contribution in [2.24, 2.45) is 0 Å². The van der Waals surface area contributed by atoms with E-state index in [-0.39, 0.29) is 11.6 Å². The number of halogens is 3. The monoisotopic (exact) mass is 285 g/mol. The lowest BCUT2D eigenvalue weighted by atomic mass is 10.2. The van der Waals surface area contributed by atoms with Crippen LogP contribution in [-0.2, 0) is 12.7 Å². The first-order valence-electron chi connectivity index (χ1n) is 6.07. The minimum absolute atomic E-state index is 0.164. The smallest absolute Gasteiger partial charge is 0.416 e. The summed E-state index contributed by atoms with van der Waals surface area (Å²) in [4.78, 5) is 4.08. The van der Waals surface area contributed by atoms with Gasteiger partial charge in [-0.25, -0.2) is 4.98 Å². The largest absolute Gasteiger partial charge is 0.472 e. The molecule has 0 atom stereocenters. The van der Waals surface area contributed by atoms with Crippen LogP contribution in [0.25, 0.3) is 0 Å². The minimum Gasteiger partial charge on any atom is -0.472 e. The zero-order chi connectivity index (χ0) is 14.6. The maximum Gasteiger partial charge on any atom is 0.416 e. The van der Waals surface area contributed by atoms with Crippen molar-refractivity contribution in [3.05, 3.63) is 41.9 Å². The Bertz CT molecular complexity index is 552. The Morgan fingerprint density at radius 1 is 1.20 bits per heavy atom. The number of alkyl halides is 3. The van der Waals surface area contributed by atoms with Crippen molar-refractivity contribution in [1.82, 2.24) is 4.98 Å². The van der Waals surface area contributed by atoms with Crippen LogP contribution in [-0.4, -0.2) is 11.5 Å². The van der Waals surface area contributed by atoms with Gasteiger partial charge in [-0.15, -0.1) is 0 Å². The molecule has 2 aromatic heterocycles. The molecule has 0 amide bonds. The zero-order valence-corrected chi connectivity index (χ0v) is 10.8. The summed E-state index contributed by atoms with van der Waals surface area (Å²) in [5.74, 6) is 0.356. The third kappa shape index (κ3) is 3.66. The summed E-state index contributed by atoms with van der Waals surface area (Å²) >= 11 is 0. The molecule has 0 radical (unpaired) electrons. The van der Waals surface area contributed by atoms with Gasteiger partial charge in [0.1, 0.15) is 11.6 Å². The lowest BCUT2D eigenvalue weighted by molar-refractivity contribution is -0.137. The molecule has 20 heavy (non-hydrogen) atoms. The fourth-order valence-corrected chi connectivity index (χ4v) is 1.64. The highest BCUT2D eigenvalue weighted by Gasteiger charge is 2.31. The van der Waals surface area contributed by atoms with Crippen molar-refractivity contribution >= 4 is 11.6 Å². The molecular weight excluding hydrogens is 271 g/mol. The van der Waals surface area contributed by atoms with Gasteiger partial charge in [0.25, 0.3) is 0 Å². The SMILES string of the molecule is CCNc1cc(C(F)(F)F)cc(NCc2ccoc2)n1. The Labute approximate surface area is 114 Å². The molecule has 0 aliphatic heterocycles. The molecule has 0 saturated heterocycles. The molecule has 0 unspecified atom stereocenters. The number of nitrogens with zero attached hydrogens (tertiary/aromatic N) is 1. The number of aromatic nitrogens is 1. The van der Waals surface area contributed by atoms with E-state index in [1.165, 1.54) is 12.5 Å². The Balaban J connectivity index is 2.20. The van der Waals surface area contributed by atoms with E-state index < -0.39 is 11.7 Å². The summed E-state index contributed by atoms with van der Waals surface area (Å²) in [6.45, 7) is 2.63. The third-order valence-corrected chi connectivity index (χ3v) is 2.56. The molecular formula is C13H14F3N3O. The minimum atomic E-state index is -4.40. The van der Waals surface area contributed by atoms with E-state index in [4.69, 9.17) is 4.42 Å². The van der Waals surface area contributed by atoms with Crippen LogP contribution in [0.5, 0.6) is 0 Å². The number of hydrogen-bond acceptors (Lipinski definition) is 4. The normalized spacial score (nSPS) is 11.4. The highest BCUT2D eigenvalue weighted by molar-refractivity contribution is 5.50. The molecule has 2 heterocycles. The van der Waals surface area contributed by atoms with Crippen molar-refractivity contribution < 1.29 is 17.6 Å². The van der Waals surface area contributed by atoms with E-state index in [2.05, 4.69) is 15.6 Å². The summed E-state index contributed by atoms with van der Waals surface area (Å²) < 4.78 is 43.3. The second-order valence-electron chi connectivity index (χ2n) is 4.14. The van der Waals surface area contributed by atoms with Gasteiger partial charge in [-0.2, -0.15) is 13.2 Å². The van der Waals surface area contributed by atoms with Crippen LogP contribution in [0.3, 0.4) is 0 Å². The predicted molar refractivity (Wildman–Crippen MR) is 69.4 cm³/mol. The van der Waals surface area contributed by atoms with Gasteiger partial charge in [-0.1, -0.05) is 0 Å². The van der Waals surface area contributed by atoms with Crippen LogP contribution in [0, 0.1) is 0 Å². The van der Waals surface area contributed by atoms with Crippen LogP contribution in [0.15, 0.2) is 35.1 Å². The Hall–Kier alpha value is -2.18. The van der Waals surface area contributed by atoms with E-state index in [9.17, 15) is 13.2 Å². The second-order valence-corrected chi connectivity index (χ2v) is 4.14. The maximum absolute atomic E-state index is 12.8. The van der Waals surface area contributed by atoms with Gasteiger partial charge in [-0.05, 0) is 25.1 Å². The van der Waals surface area contributed by atoms with Crippen LogP contribution >= 0.6 is 0 Å². The highest BCUT2D eigenvalue weighted by Crippen LogP contribution is 2.32. The first-order valence-corrected chi connectivity index (χ1v) is 6.07. The lowest BCUT2D eigenvalue weighted by Crippen LogP contribution is -2.10. The summed E-state index contributed by atoms with van der Waals surface area (Å²) in [6.07, 6.45) is -1.38. The van der Waals surface area contributed by atoms with Crippen molar-refractivity contribution in [2.75, 3.05) is 17.2 Å². The molecule has 2 N–H and O–H groups in total. The molecule has 0 spiro atoms. The van der Waals surface area contributed by atoms with Crippen LogP contribution in [0.1, 0.15) is 18.1 Å². The molecule has 0 saturated carbocycles. The molecule has 2 aromatic rings. The number of hydrogen-bond donors (Lipinski definition) is 2. The molecule has 0 fully saturated rings. The fourth-order valence-electron chi connectivity index (χ4n) is 1.64. The predicted octanol–water partition coefficient (Wildman–Crippen LogP) is 3.74. The van der Waals surface area contributed by atoms with Crippen molar-refractivity contribution in [3.8, 4) is 0 Å². The molecule has 2 rings (SSSR count). The zero-order valence-electron chi connectivity index (χ0n) is 10.8. The molecule has 0 aliphatic rings. The van der Waals surface area contributed by atoms with Crippen molar-refractivity contribution in [2.45, 2.75) is 19.6 Å². The van der Waals surface area contributed by atoms with Gasteiger partial charge in [0.2, 0.25) is 0 Å². The standard InChI is InChI=1S/C13H14F3N3O/c1-2-17-11-5-10(13(14,15)16)6-12(19-11)18-7-9-3-4-20-8-9/h3-6,8H,2,7H2,1H3,(H2,17,18,19). The molecule has 0 bridgehead atoms. The van der Waals surface area contributed by atoms with Gasteiger partial charge < -0.3 is 15.1 Å². The van der Waals surface area contributed by atoms with Gasteiger partial charge in [0, 0.05) is 18.7 Å². The maximum atomic E-state index is 12.8. The molecule has 0 aliphatic carbocycles. The molecule has 4 nitrogen and oxygen atoms in total. The number of pyridine rings is 1. The summed E-state index contributed by atoms with van der Waals surface area (Å²) in [7, 11) is 0. The number of rotatable bonds is 5. The van der Waals surface area contributed by atoms with Crippen LogP contribution in [0.4, 0.5) is 24.8 Å². The Morgan fingerprint density at radius 3 is 2.45 bits per heavy atom. The van der Waals surface area contributed by atoms with Crippen molar-refractivity contribution in [3.63, 3.8) is 0 Å².